The average molecular weight is 201 g/mol. The van der Waals surface area contributed by atoms with Gasteiger partial charge in [0.1, 0.15) is 0 Å². The molecule has 0 radical (unpaired) electrons. The minimum atomic E-state index is -0.471. The number of hydrogen-bond acceptors (Lipinski definition) is 3. The van der Waals surface area contributed by atoms with Gasteiger partial charge in [0.05, 0.1) is 12.2 Å². The Morgan fingerprint density at radius 3 is 3.07 bits per heavy atom. The van der Waals surface area contributed by atoms with E-state index in [0.29, 0.717) is 13.0 Å². The lowest BCUT2D eigenvalue weighted by molar-refractivity contribution is -0.122. The molecule has 82 valence electrons. The number of ether oxygens (including phenoxy) is 1. The van der Waals surface area contributed by atoms with Crippen LogP contribution in [0.15, 0.2) is 0 Å². The molecule has 1 aliphatic heterocycles. The number of carbonyl (C=O) groups excluding carboxylic acids is 1. The van der Waals surface area contributed by atoms with Crippen LogP contribution in [0, 0.1) is 0 Å². The Morgan fingerprint density at radius 2 is 2.50 bits per heavy atom. The van der Waals surface area contributed by atoms with Crippen LogP contribution in [0.2, 0.25) is 0 Å². The largest absolute Gasteiger partial charge is 0.392 e. The molecule has 14 heavy (non-hydrogen) atoms. The van der Waals surface area contributed by atoms with Gasteiger partial charge in [-0.25, -0.2) is 0 Å². The third kappa shape index (κ3) is 4.58. The highest BCUT2D eigenvalue weighted by Gasteiger charge is 2.16. The van der Waals surface area contributed by atoms with Crippen molar-refractivity contribution in [1.29, 1.82) is 0 Å². The maximum absolute atomic E-state index is 11.2. The third-order valence-electron chi connectivity index (χ3n) is 2.31. The van der Waals surface area contributed by atoms with E-state index in [1.807, 2.05) is 0 Å². The van der Waals surface area contributed by atoms with Crippen molar-refractivity contribution < 1.29 is 14.6 Å². The Morgan fingerprint density at radius 1 is 1.71 bits per heavy atom. The SMILES string of the molecule is C[C@@H](O)CNC(=O)CC[C@@H]1CCCO1. The van der Waals surface area contributed by atoms with Crippen LogP contribution in [0.3, 0.4) is 0 Å². The maximum atomic E-state index is 11.2. The van der Waals surface area contributed by atoms with Gasteiger partial charge in [-0.3, -0.25) is 4.79 Å². The van der Waals surface area contributed by atoms with Crippen molar-refractivity contribution >= 4 is 5.91 Å². The van der Waals surface area contributed by atoms with Crippen molar-refractivity contribution in [2.24, 2.45) is 0 Å². The Kier molecular flexibility index (Phi) is 4.90. The van der Waals surface area contributed by atoms with Gasteiger partial charge >= 0.3 is 0 Å². The smallest absolute Gasteiger partial charge is 0.220 e. The van der Waals surface area contributed by atoms with E-state index >= 15 is 0 Å². The number of rotatable bonds is 5. The van der Waals surface area contributed by atoms with Gasteiger partial charge in [0.15, 0.2) is 0 Å². The van der Waals surface area contributed by atoms with Crippen LogP contribution in [0.5, 0.6) is 0 Å². The zero-order chi connectivity index (χ0) is 10.4. The molecule has 0 saturated carbocycles. The van der Waals surface area contributed by atoms with Crippen LogP contribution >= 0.6 is 0 Å². The van der Waals surface area contributed by atoms with Gasteiger partial charge < -0.3 is 15.2 Å². The zero-order valence-corrected chi connectivity index (χ0v) is 8.66. The Balaban J connectivity index is 2.02. The molecule has 0 aliphatic carbocycles. The van der Waals surface area contributed by atoms with Gasteiger partial charge in [0, 0.05) is 19.6 Å². The summed E-state index contributed by atoms with van der Waals surface area (Å²) in [5.74, 6) is 0.00130. The third-order valence-corrected chi connectivity index (χ3v) is 2.31. The maximum Gasteiger partial charge on any atom is 0.220 e. The van der Waals surface area contributed by atoms with Gasteiger partial charge in [-0.15, -0.1) is 0 Å². The van der Waals surface area contributed by atoms with Crippen LogP contribution < -0.4 is 5.32 Å². The van der Waals surface area contributed by atoms with E-state index < -0.39 is 6.10 Å². The summed E-state index contributed by atoms with van der Waals surface area (Å²) in [6, 6.07) is 0. The Labute approximate surface area is 84.6 Å². The molecule has 0 unspecified atom stereocenters. The molecule has 2 atom stereocenters. The highest BCUT2D eigenvalue weighted by atomic mass is 16.5. The van der Waals surface area contributed by atoms with E-state index in [-0.39, 0.29) is 12.0 Å². The molecule has 0 spiro atoms. The quantitative estimate of drug-likeness (QED) is 0.678. The van der Waals surface area contributed by atoms with Crippen LogP contribution in [0.4, 0.5) is 0 Å². The number of aliphatic hydroxyl groups excluding tert-OH is 1. The van der Waals surface area contributed by atoms with Gasteiger partial charge in [-0.1, -0.05) is 0 Å². The van der Waals surface area contributed by atoms with Gasteiger partial charge in [0.2, 0.25) is 5.91 Å². The predicted molar refractivity (Wildman–Crippen MR) is 52.9 cm³/mol. The van der Waals surface area contributed by atoms with E-state index in [4.69, 9.17) is 9.84 Å². The van der Waals surface area contributed by atoms with E-state index in [1.54, 1.807) is 6.92 Å². The normalized spacial score (nSPS) is 23.4. The molecule has 0 aromatic rings. The molecule has 0 aromatic carbocycles. The number of hydrogen-bond donors (Lipinski definition) is 2. The molecule has 2 N–H and O–H groups in total. The second kappa shape index (κ2) is 5.98. The van der Waals surface area contributed by atoms with Crippen molar-refractivity contribution in [1.82, 2.24) is 5.32 Å². The van der Waals surface area contributed by atoms with Gasteiger partial charge in [0.25, 0.3) is 0 Å². The molecule has 1 heterocycles. The van der Waals surface area contributed by atoms with Gasteiger partial charge in [-0.05, 0) is 26.2 Å². The fourth-order valence-corrected chi connectivity index (χ4v) is 1.51. The first kappa shape index (κ1) is 11.5. The van der Waals surface area contributed by atoms with Crippen LogP contribution in [-0.4, -0.2) is 36.4 Å². The summed E-state index contributed by atoms with van der Waals surface area (Å²) in [5, 5.41) is 11.6. The number of aliphatic hydroxyl groups is 1. The fraction of sp³-hybridized carbons (Fsp3) is 0.900. The van der Waals surface area contributed by atoms with Crippen molar-refractivity contribution in [3.63, 3.8) is 0 Å². The summed E-state index contributed by atoms with van der Waals surface area (Å²) in [6.07, 6.45) is 3.28. The monoisotopic (exact) mass is 201 g/mol. The minimum Gasteiger partial charge on any atom is -0.392 e. The summed E-state index contributed by atoms with van der Waals surface area (Å²) in [4.78, 5) is 11.2. The van der Waals surface area contributed by atoms with E-state index in [0.717, 1.165) is 25.9 Å². The van der Waals surface area contributed by atoms with Crippen LogP contribution in [0.1, 0.15) is 32.6 Å². The standard InChI is InChI=1S/C10H19NO3/c1-8(12)7-11-10(13)5-4-9-3-2-6-14-9/h8-9,12H,2-7H2,1H3,(H,11,13)/t8-,9+/m1/s1. The molecular weight excluding hydrogens is 182 g/mol. The van der Waals surface area contributed by atoms with Crippen LogP contribution in [0.25, 0.3) is 0 Å². The molecular formula is C10H19NO3. The van der Waals surface area contributed by atoms with Crippen molar-refractivity contribution in [2.75, 3.05) is 13.2 Å². The lowest BCUT2D eigenvalue weighted by Crippen LogP contribution is -2.30. The molecule has 4 nitrogen and oxygen atoms in total. The number of nitrogens with one attached hydrogen (secondary N) is 1. The summed E-state index contributed by atoms with van der Waals surface area (Å²) < 4.78 is 5.40. The molecule has 4 heteroatoms. The molecule has 1 aliphatic rings. The van der Waals surface area contributed by atoms with Crippen LogP contribution in [-0.2, 0) is 9.53 Å². The molecule has 0 aromatic heterocycles. The topological polar surface area (TPSA) is 58.6 Å². The zero-order valence-electron chi connectivity index (χ0n) is 8.66. The van der Waals surface area contributed by atoms with Crippen molar-refractivity contribution in [3.05, 3.63) is 0 Å². The molecule has 1 saturated heterocycles. The highest BCUT2D eigenvalue weighted by molar-refractivity contribution is 5.75. The minimum absolute atomic E-state index is 0.00130. The predicted octanol–water partition coefficient (Wildman–Crippen LogP) is 0.443. The lowest BCUT2D eigenvalue weighted by atomic mass is 10.1. The summed E-state index contributed by atoms with van der Waals surface area (Å²) in [5.41, 5.74) is 0. The first-order chi connectivity index (χ1) is 6.68. The number of carbonyl (C=O) groups is 1. The summed E-state index contributed by atoms with van der Waals surface area (Å²) in [7, 11) is 0. The summed E-state index contributed by atoms with van der Waals surface area (Å²) >= 11 is 0. The van der Waals surface area contributed by atoms with Gasteiger partial charge in [-0.2, -0.15) is 0 Å². The Hall–Kier alpha value is -0.610. The molecule has 1 amide bonds. The van der Waals surface area contributed by atoms with Crippen molar-refractivity contribution in [3.8, 4) is 0 Å². The summed E-state index contributed by atoms with van der Waals surface area (Å²) in [6.45, 7) is 2.82. The van der Waals surface area contributed by atoms with E-state index in [1.165, 1.54) is 0 Å². The Bertz CT molecular complexity index is 176. The molecule has 1 rings (SSSR count). The average Bonchev–Trinajstić information content (AvgIpc) is 2.63. The fourth-order valence-electron chi connectivity index (χ4n) is 1.51. The van der Waals surface area contributed by atoms with E-state index in [2.05, 4.69) is 5.32 Å². The molecule has 1 fully saturated rings. The lowest BCUT2D eigenvalue weighted by Gasteiger charge is -2.10. The second-order valence-corrected chi connectivity index (χ2v) is 3.83. The highest BCUT2D eigenvalue weighted by Crippen LogP contribution is 2.16. The van der Waals surface area contributed by atoms with Crippen molar-refractivity contribution in [2.45, 2.75) is 44.8 Å². The number of amides is 1. The second-order valence-electron chi connectivity index (χ2n) is 3.83. The first-order valence-corrected chi connectivity index (χ1v) is 5.25. The van der Waals surface area contributed by atoms with E-state index in [9.17, 15) is 4.79 Å². The first-order valence-electron chi connectivity index (χ1n) is 5.25. The molecule has 0 bridgehead atoms.